The number of rotatable bonds is 5. The van der Waals surface area contributed by atoms with E-state index < -0.39 is 0 Å². The average Bonchev–Trinajstić information content (AvgIpc) is 3.41. The van der Waals surface area contributed by atoms with Crippen molar-refractivity contribution in [1.82, 2.24) is 4.57 Å². The molecule has 1 aliphatic rings. The monoisotopic (exact) mass is 655 g/mol. The van der Waals surface area contributed by atoms with Crippen LogP contribution in [0.4, 0.5) is 17.1 Å². The van der Waals surface area contributed by atoms with Crippen LogP contribution in [-0.2, 0) is 0 Å². The maximum Gasteiger partial charge on any atom is 0.154 e. The van der Waals surface area contributed by atoms with Crippen LogP contribution in [-0.4, -0.2) is 16.2 Å². The van der Waals surface area contributed by atoms with Gasteiger partial charge in [-0.15, -0.1) is 0 Å². The van der Waals surface area contributed by atoms with Crippen molar-refractivity contribution in [2.75, 3.05) is 4.90 Å². The lowest BCUT2D eigenvalue weighted by molar-refractivity contribution is 1.18. The number of aliphatic imine (C=N–C) groups is 1. The normalized spacial score (nSPS) is 12.5. The smallest absolute Gasteiger partial charge is 0.154 e. The lowest BCUT2D eigenvalue weighted by Gasteiger charge is -2.27. The van der Waals surface area contributed by atoms with Gasteiger partial charge in [-0.1, -0.05) is 127 Å². The largest absolute Gasteiger partial charge is 0.383 e. The second-order valence-corrected chi connectivity index (χ2v) is 12.7. The summed E-state index contributed by atoms with van der Waals surface area (Å²) < 4.78 is 2.37. The number of nitrogens with zero attached hydrogens (tertiary/aromatic N) is 3. The molecule has 1 aromatic heterocycles. The van der Waals surface area contributed by atoms with Gasteiger partial charge in [0.05, 0.1) is 22.4 Å². The fraction of sp³-hybridized carbons (Fsp3) is 0. The standard InChI is InChI=1S/C46H33N5/c47-45(32-14-3-1-4-15-32)49-46(48)36-18-11-16-33(27-36)34-17-12-21-38(28-34)51-42-24-10-8-22-39(42)40-29-35-26-25-31-13-7-9-23-41(31)50(43(35)30-44(40)51)37-19-5-2-6-20-37/h1-30H,(H3,47,48,49). The van der Waals surface area contributed by atoms with Crippen molar-refractivity contribution in [3.8, 4) is 16.8 Å². The van der Waals surface area contributed by atoms with Crippen molar-refractivity contribution < 1.29 is 0 Å². The highest BCUT2D eigenvalue weighted by Gasteiger charge is 2.23. The van der Waals surface area contributed by atoms with E-state index >= 15 is 0 Å². The molecule has 2 heterocycles. The summed E-state index contributed by atoms with van der Waals surface area (Å²) in [7, 11) is 0. The number of hydrogen-bond acceptors (Lipinski definition) is 2. The molecule has 0 bridgehead atoms. The minimum Gasteiger partial charge on any atom is -0.383 e. The van der Waals surface area contributed by atoms with Crippen LogP contribution >= 0.6 is 0 Å². The first kappa shape index (κ1) is 30.1. The van der Waals surface area contributed by atoms with Gasteiger partial charge < -0.3 is 15.2 Å². The Morgan fingerprint density at radius 1 is 0.490 bits per heavy atom. The summed E-state index contributed by atoms with van der Waals surface area (Å²) in [5.74, 6) is 0.443. The summed E-state index contributed by atoms with van der Waals surface area (Å²) in [5, 5.41) is 10.9. The summed E-state index contributed by atoms with van der Waals surface area (Å²) in [6.07, 6.45) is 4.47. The second kappa shape index (κ2) is 12.5. The highest BCUT2D eigenvalue weighted by atomic mass is 15.2. The van der Waals surface area contributed by atoms with E-state index in [1.165, 1.54) is 16.3 Å². The summed E-state index contributed by atoms with van der Waals surface area (Å²) in [6.45, 7) is 0. The summed E-state index contributed by atoms with van der Waals surface area (Å²) >= 11 is 0. The molecule has 5 nitrogen and oxygen atoms in total. The molecule has 0 saturated carbocycles. The molecule has 0 saturated heterocycles. The number of nitrogens with one attached hydrogen (secondary N) is 1. The maximum absolute atomic E-state index is 8.46. The molecule has 242 valence electrons. The molecule has 0 aliphatic carbocycles. The molecule has 3 N–H and O–H groups in total. The van der Waals surface area contributed by atoms with Crippen molar-refractivity contribution in [2.45, 2.75) is 0 Å². The van der Waals surface area contributed by atoms with E-state index in [1.54, 1.807) is 0 Å². The molecular weight excluding hydrogens is 623 g/mol. The van der Waals surface area contributed by atoms with E-state index in [0.29, 0.717) is 5.84 Å². The molecule has 5 heteroatoms. The number of para-hydroxylation sites is 3. The van der Waals surface area contributed by atoms with E-state index in [4.69, 9.17) is 11.1 Å². The Balaban J connectivity index is 1.19. The van der Waals surface area contributed by atoms with Crippen molar-refractivity contribution in [2.24, 2.45) is 10.7 Å². The van der Waals surface area contributed by atoms with Crippen LogP contribution in [0.3, 0.4) is 0 Å². The highest BCUT2D eigenvalue weighted by molar-refractivity contribution is 6.13. The van der Waals surface area contributed by atoms with Crippen LogP contribution in [0.5, 0.6) is 0 Å². The van der Waals surface area contributed by atoms with Gasteiger partial charge >= 0.3 is 0 Å². The first-order valence-corrected chi connectivity index (χ1v) is 17.0. The lowest BCUT2D eigenvalue weighted by Crippen LogP contribution is -2.16. The number of amidine groups is 2. The second-order valence-electron chi connectivity index (χ2n) is 12.7. The fourth-order valence-corrected chi connectivity index (χ4v) is 7.15. The third-order valence-corrected chi connectivity index (χ3v) is 9.57. The zero-order valence-corrected chi connectivity index (χ0v) is 27.7. The molecule has 0 unspecified atom stereocenters. The zero-order chi connectivity index (χ0) is 34.3. The van der Waals surface area contributed by atoms with Gasteiger partial charge in [-0.2, -0.15) is 0 Å². The first-order chi connectivity index (χ1) is 25.1. The predicted octanol–water partition coefficient (Wildman–Crippen LogP) is 11.1. The molecule has 8 aromatic rings. The maximum atomic E-state index is 8.46. The van der Waals surface area contributed by atoms with Gasteiger partial charge in [0.25, 0.3) is 0 Å². The Morgan fingerprint density at radius 2 is 1.14 bits per heavy atom. The highest BCUT2D eigenvalue weighted by Crippen LogP contribution is 2.45. The molecule has 0 spiro atoms. The van der Waals surface area contributed by atoms with Crippen LogP contribution in [0, 0.1) is 5.41 Å². The minimum atomic E-state index is 0.134. The Morgan fingerprint density at radius 3 is 1.98 bits per heavy atom. The number of benzene rings is 7. The molecular formula is C46H33N5. The molecule has 1 aliphatic heterocycles. The van der Waals surface area contributed by atoms with Crippen molar-refractivity contribution in [3.05, 3.63) is 192 Å². The van der Waals surface area contributed by atoms with E-state index in [2.05, 4.69) is 148 Å². The predicted molar refractivity (Wildman–Crippen MR) is 214 cm³/mol. The Labute approximate surface area is 296 Å². The number of anilines is 3. The lowest BCUT2D eigenvalue weighted by atomic mass is 10.0. The molecule has 0 fully saturated rings. The zero-order valence-electron chi connectivity index (χ0n) is 27.7. The van der Waals surface area contributed by atoms with Gasteiger partial charge in [0.2, 0.25) is 0 Å². The number of aromatic nitrogens is 1. The van der Waals surface area contributed by atoms with Crippen molar-refractivity contribution in [3.63, 3.8) is 0 Å². The number of fused-ring (bicyclic) bond motifs is 5. The van der Waals surface area contributed by atoms with E-state index in [1.807, 2.05) is 48.5 Å². The van der Waals surface area contributed by atoms with Gasteiger partial charge in [0, 0.05) is 33.3 Å². The topological polar surface area (TPSA) is 70.4 Å². The Bertz CT molecular complexity index is 2670. The molecule has 0 amide bonds. The first-order valence-electron chi connectivity index (χ1n) is 17.0. The summed E-state index contributed by atoms with van der Waals surface area (Å²) in [5.41, 5.74) is 19.1. The van der Waals surface area contributed by atoms with Crippen LogP contribution in [0.25, 0.3) is 50.8 Å². The molecule has 0 atom stereocenters. The molecule has 51 heavy (non-hydrogen) atoms. The van der Waals surface area contributed by atoms with Crippen LogP contribution in [0.2, 0.25) is 0 Å². The van der Waals surface area contributed by atoms with E-state index in [0.717, 1.165) is 61.6 Å². The quantitative estimate of drug-likeness (QED) is 0.143. The van der Waals surface area contributed by atoms with Gasteiger partial charge in [-0.05, 0) is 76.9 Å². The molecule has 7 aromatic carbocycles. The Kier molecular flexibility index (Phi) is 7.37. The van der Waals surface area contributed by atoms with Crippen molar-refractivity contribution in [1.29, 1.82) is 5.41 Å². The third-order valence-electron chi connectivity index (χ3n) is 9.57. The van der Waals surface area contributed by atoms with Crippen molar-refractivity contribution >= 4 is 62.7 Å². The van der Waals surface area contributed by atoms with E-state index in [9.17, 15) is 0 Å². The average molecular weight is 656 g/mol. The fourth-order valence-electron chi connectivity index (χ4n) is 7.15. The number of nitrogens with two attached hydrogens (primary N) is 1. The SMILES string of the molecule is N=C(N=C(N)c1cccc(-c2cccc(-n3c4ccccc4c4cc5c(cc43)N(c3ccccc3)c3ccccc3C=C5)c2)c1)c1ccccc1. The van der Waals surface area contributed by atoms with Crippen LogP contribution in [0.1, 0.15) is 22.3 Å². The summed E-state index contributed by atoms with van der Waals surface area (Å²) in [4.78, 5) is 6.80. The van der Waals surface area contributed by atoms with Crippen LogP contribution in [0.15, 0.2) is 175 Å². The Hall–Kier alpha value is -6.98. The van der Waals surface area contributed by atoms with Gasteiger partial charge in [-0.25, -0.2) is 4.99 Å². The number of hydrogen-bond donors (Lipinski definition) is 2. The van der Waals surface area contributed by atoms with Gasteiger partial charge in [0.15, 0.2) is 5.84 Å². The van der Waals surface area contributed by atoms with Gasteiger partial charge in [-0.3, -0.25) is 5.41 Å². The minimum absolute atomic E-state index is 0.134. The van der Waals surface area contributed by atoms with E-state index in [-0.39, 0.29) is 5.84 Å². The third kappa shape index (κ3) is 5.38. The molecule has 0 radical (unpaired) electrons. The summed E-state index contributed by atoms with van der Waals surface area (Å²) in [6, 6.07) is 58.6. The van der Waals surface area contributed by atoms with Gasteiger partial charge in [0.1, 0.15) is 5.84 Å². The molecule has 9 rings (SSSR count). The van der Waals surface area contributed by atoms with Crippen LogP contribution < -0.4 is 10.6 Å².